The highest BCUT2D eigenvalue weighted by molar-refractivity contribution is 9.10. The molecule has 0 saturated carbocycles. The van der Waals surface area contributed by atoms with E-state index in [4.69, 9.17) is 5.11 Å². The molecule has 0 spiro atoms. The van der Waals surface area contributed by atoms with Gasteiger partial charge in [-0.25, -0.2) is 9.37 Å². The van der Waals surface area contributed by atoms with Gasteiger partial charge in [0.2, 0.25) is 0 Å². The maximum absolute atomic E-state index is 14.1. The minimum atomic E-state index is -1.00. The number of nitrogens with zero attached hydrogens (tertiary/aromatic N) is 2. The highest BCUT2D eigenvalue weighted by Crippen LogP contribution is 2.29. The van der Waals surface area contributed by atoms with Gasteiger partial charge in [0, 0.05) is 4.47 Å². The molecule has 0 radical (unpaired) electrons. The largest absolute Gasteiger partial charge is 0.480 e. The van der Waals surface area contributed by atoms with Crippen molar-refractivity contribution in [2.24, 2.45) is 0 Å². The highest BCUT2D eigenvalue weighted by Gasteiger charge is 2.17. The first-order valence-corrected chi connectivity index (χ1v) is 6.98. The summed E-state index contributed by atoms with van der Waals surface area (Å²) in [6, 6.07) is 11.6. The molecule has 0 fully saturated rings. The first-order valence-electron chi connectivity index (χ1n) is 6.19. The van der Waals surface area contributed by atoms with Crippen molar-refractivity contribution in [3.63, 3.8) is 0 Å². The minimum absolute atomic E-state index is 0.266. The Kier molecular flexibility index (Phi) is 3.47. The van der Waals surface area contributed by atoms with E-state index < -0.39 is 11.8 Å². The molecular formula is C15H10BrFN2O2. The molecule has 1 N–H and O–H groups in total. The van der Waals surface area contributed by atoms with Crippen molar-refractivity contribution in [2.75, 3.05) is 0 Å². The van der Waals surface area contributed by atoms with Gasteiger partial charge in [0.15, 0.2) is 0 Å². The fourth-order valence-corrected chi connectivity index (χ4v) is 2.61. The molecule has 0 amide bonds. The zero-order valence-electron chi connectivity index (χ0n) is 10.8. The van der Waals surface area contributed by atoms with E-state index in [-0.39, 0.29) is 12.1 Å². The van der Waals surface area contributed by atoms with Gasteiger partial charge in [-0.1, -0.05) is 28.1 Å². The fourth-order valence-electron chi connectivity index (χ4n) is 2.25. The summed E-state index contributed by atoms with van der Waals surface area (Å²) in [7, 11) is 0. The monoisotopic (exact) mass is 348 g/mol. The predicted octanol–water partition coefficient (Wildman–Crippen LogP) is 3.69. The molecule has 2 aromatic carbocycles. The Morgan fingerprint density at radius 3 is 2.81 bits per heavy atom. The van der Waals surface area contributed by atoms with Gasteiger partial charge in [-0.15, -0.1) is 0 Å². The average Bonchev–Trinajstić information content (AvgIpc) is 2.80. The van der Waals surface area contributed by atoms with Crippen molar-refractivity contribution in [2.45, 2.75) is 6.54 Å². The van der Waals surface area contributed by atoms with Crippen molar-refractivity contribution in [1.82, 2.24) is 9.55 Å². The average molecular weight is 349 g/mol. The van der Waals surface area contributed by atoms with E-state index in [2.05, 4.69) is 20.9 Å². The van der Waals surface area contributed by atoms with Crippen LogP contribution in [0.15, 0.2) is 46.9 Å². The molecule has 3 aromatic rings. The van der Waals surface area contributed by atoms with Crippen LogP contribution in [0.1, 0.15) is 0 Å². The number of imidazole rings is 1. The number of benzene rings is 2. The van der Waals surface area contributed by atoms with Crippen molar-refractivity contribution >= 4 is 32.9 Å². The second kappa shape index (κ2) is 5.29. The SMILES string of the molecule is O=C(O)Cn1c(-c2cc(Br)ccc2F)nc2ccccc21. The number of aromatic nitrogens is 2. The van der Waals surface area contributed by atoms with E-state index in [1.165, 1.54) is 10.6 Å². The normalized spacial score (nSPS) is 11.0. The molecule has 21 heavy (non-hydrogen) atoms. The van der Waals surface area contributed by atoms with Crippen LogP contribution in [0.4, 0.5) is 4.39 Å². The predicted molar refractivity (Wildman–Crippen MR) is 80.5 cm³/mol. The second-order valence-electron chi connectivity index (χ2n) is 4.53. The highest BCUT2D eigenvalue weighted by atomic mass is 79.9. The summed E-state index contributed by atoms with van der Waals surface area (Å²) in [5.41, 5.74) is 1.56. The van der Waals surface area contributed by atoms with Gasteiger partial charge in [0.25, 0.3) is 0 Å². The number of aliphatic carboxylic acids is 1. The molecule has 0 unspecified atom stereocenters. The first-order chi connectivity index (χ1) is 10.1. The Balaban J connectivity index is 2.30. The number of carboxylic acid groups (broad SMARTS) is 1. The lowest BCUT2D eigenvalue weighted by Gasteiger charge is -2.07. The Morgan fingerprint density at radius 2 is 2.05 bits per heavy atom. The molecule has 0 saturated heterocycles. The standard InChI is InChI=1S/C15H10BrFN2O2/c16-9-5-6-11(17)10(7-9)15-18-12-3-1-2-4-13(12)19(15)8-14(20)21/h1-7H,8H2,(H,20,21). The molecule has 0 aliphatic carbocycles. The number of carboxylic acids is 1. The van der Waals surface area contributed by atoms with Crippen LogP contribution >= 0.6 is 15.9 Å². The molecule has 0 aliphatic rings. The zero-order valence-corrected chi connectivity index (χ0v) is 12.3. The van der Waals surface area contributed by atoms with Crippen LogP contribution in [0.5, 0.6) is 0 Å². The van der Waals surface area contributed by atoms with Crippen LogP contribution in [-0.2, 0) is 11.3 Å². The molecule has 0 aliphatic heterocycles. The smallest absolute Gasteiger partial charge is 0.323 e. The number of fused-ring (bicyclic) bond motifs is 1. The third-order valence-corrected chi connectivity index (χ3v) is 3.61. The first kappa shape index (κ1) is 13.8. The van der Waals surface area contributed by atoms with Crippen LogP contribution < -0.4 is 0 Å². The zero-order chi connectivity index (χ0) is 15.0. The minimum Gasteiger partial charge on any atom is -0.480 e. The molecule has 0 bridgehead atoms. The maximum atomic E-state index is 14.1. The van der Waals surface area contributed by atoms with Crippen LogP contribution in [-0.4, -0.2) is 20.6 Å². The summed E-state index contributed by atoms with van der Waals surface area (Å²) in [4.78, 5) is 15.5. The lowest BCUT2D eigenvalue weighted by molar-refractivity contribution is -0.137. The number of hydrogen-bond acceptors (Lipinski definition) is 2. The van der Waals surface area contributed by atoms with Crippen LogP contribution in [0.3, 0.4) is 0 Å². The number of halogens is 2. The summed E-state index contributed by atoms with van der Waals surface area (Å²) >= 11 is 3.29. The van der Waals surface area contributed by atoms with E-state index in [0.717, 1.165) is 0 Å². The molecule has 3 rings (SSSR count). The molecule has 0 atom stereocenters. The summed E-state index contributed by atoms with van der Waals surface area (Å²) in [6.45, 7) is -0.276. The Bertz CT molecular complexity index is 845. The van der Waals surface area contributed by atoms with Gasteiger partial charge in [-0.2, -0.15) is 0 Å². The van der Waals surface area contributed by atoms with E-state index in [0.29, 0.717) is 21.3 Å². The van der Waals surface area contributed by atoms with E-state index in [9.17, 15) is 9.18 Å². The van der Waals surface area contributed by atoms with Crippen molar-refractivity contribution in [3.05, 3.63) is 52.8 Å². The van der Waals surface area contributed by atoms with E-state index in [1.807, 2.05) is 6.07 Å². The Morgan fingerprint density at radius 1 is 1.29 bits per heavy atom. The van der Waals surface area contributed by atoms with Gasteiger partial charge < -0.3 is 9.67 Å². The number of para-hydroxylation sites is 2. The second-order valence-corrected chi connectivity index (χ2v) is 5.44. The Hall–Kier alpha value is -2.21. The molecule has 106 valence electrons. The topological polar surface area (TPSA) is 55.1 Å². The van der Waals surface area contributed by atoms with Gasteiger partial charge in [0.05, 0.1) is 16.6 Å². The third-order valence-electron chi connectivity index (χ3n) is 3.12. The van der Waals surface area contributed by atoms with Crippen molar-refractivity contribution < 1.29 is 14.3 Å². The van der Waals surface area contributed by atoms with Crippen molar-refractivity contribution in [1.29, 1.82) is 0 Å². The summed E-state index contributed by atoms with van der Waals surface area (Å²) in [5.74, 6) is -1.15. The molecular weight excluding hydrogens is 339 g/mol. The van der Waals surface area contributed by atoms with Gasteiger partial charge in [-0.05, 0) is 30.3 Å². The van der Waals surface area contributed by atoms with E-state index in [1.54, 1.807) is 30.3 Å². The van der Waals surface area contributed by atoms with Gasteiger partial charge >= 0.3 is 5.97 Å². The molecule has 4 nitrogen and oxygen atoms in total. The van der Waals surface area contributed by atoms with Crippen molar-refractivity contribution in [3.8, 4) is 11.4 Å². The molecule has 1 aromatic heterocycles. The summed E-state index contributed by atoms with van der Waals surface area (Å²) in [6.07, 6.45) is 0. The van der Waals surface area contributed by atoms with Gasteiger partial charge in [-0.3, -0.25) is 4.79 Å². The van der Waals surface area contributed by atoms with E-state index >= 15 is 0 Å². The molecule has 1 heterocycles. The van der Waals surface area contributed by atoms with Crippen LogP contribution in [0.2, 0.25) is 0 Å². The van der Waals surface area contributed by atoms with Gasteiger partial charge in [0.1, 0.15) is 18.2 Å². The number of hydrogen-bond donors (Lipinski definition) is 1. The lowest BCUT2D eigenvalue weighted by atomic mass is 10.2. The third kappa shape index (κ3) is 2.54. The lowest BCUT2D eigenvalue weighted by Crippen LogP contribution is -2.10. The van der Waals surface area contributed by atoms with Crippen LogP contribution in [0, 0.1) is 5.82 Å². The van der Waals surface area contributed by atoms with Crippen LogP contribution in [0.25, 0.3) is 22.4 Å². The maximum Gasteiger partial charge on any atom is 0.323 e. The quantitative estimate of drug-likeness (QED) is 0.785. The summed E-state index contributed by atoms with van der Waals surface area (Å²) < 4.78 is 16.3. The molecule has 6 heteroatoms. The fraction of sp³-hybridized carbons (Fsp3) is 0.0667. The Labute approximate surface area is 128 Å². The number of carbonyl (C=O) groups is 1. The summed E-state index contributed by atoms with van der Waals surface area (Å²) in [5, 5.41) is 9.09. The number of rotatable bonds is 3.